The molecule has 5 aromatic rings. The molecule has 162 valence electrons. The number of hydrogen-bond acceptors (Lipinski definition) is 4. The standard InChI is InChI=1S/C27H19BrN2O3/c1-32-23-13-11-20(28)15-18(23)10-14-25(31)29-21-7-4-6-19(16-21)27-30-26-22-8-3-2-5-17(22)9-12-24(26)33-27/h2-16H,1H3,(H,29,31)/b14-10+. The van der Waals surface area contributed by atoms with Crippen LogP contribution in [-0.4, -0.2) is 18.0 Å². The highest BCUT2D eigenvalue weighted by Crippen LogP contribution is 2.30. The molecule has 0 bridgehead atoms. The second kappa shape index (κ2) is 8.92. The van der Waals surface area contributed by atoms with E-state index < -0.39 is 0 Å². The Kier molecular flexibility index (Phi) is 5.67. The lowest BCUT2D eigenvalue weighted by atomic mass is 10.1. The van der Waals surface area contributed by atoms with Crippen molar-refractivity contribution in [3.05, 3.63) is 95.0 Å². The van der Waals surface area contributed by atoms with Crippen molar-refractivity contribution in [2.45, 2.75) is 0 Å². The summed E-state index contributed by atoms with van der Waals surface area (Å²) in [4.78, 5) is 17.2. The van der Waals surface area contributed by atoms with Gasteiger partial charge in [-0.05, 0) is 53.9 Å². The number of carbonyl (C=O) groups is 1. The molecule has 0 saturated heterocycles. The summed E-state index contributed by atoms with van der Waals surface area (Å²) >= 11 is 3.44. The monoisotopic (exact) mass is 498 g/mol. The van der Waals surface area contributed by atoms with Crippen molar-refractivity contribution >= 4 is 55.5 Å². The number of rotatable bonds is 5. The molecule has 1 aromatic heterocycles. The van der Waals surface area contributed by atoms with Gasteiger partial charge in [-0.25, -0.2) is 4.98 Å². The zero-order valence-corrected chi connectivity index (χ0v) is 19.3. The smallest absolute Gasteiger partial charge is 0.248 e. The summed E-state index contributed by atoms with van der Waals surface area (Å²) in [6.45, 7) is 0. The van der Waals surface area contributed by atoms with Crippen LogP contribution in [0, 0.1) is 0 Å². The Morgan fingerprint density at radius 1 is 1.03 bits per heavy atom. The number of ether oxygens (including phenoxy) is 1. The molecule has 5 rings (SSSR count). The van der Waals surface area contributed by atoms with E-state index in [0.717, 1.165) is 37.5 Å². The highest BCUT2D eigenvalue weighted by atomic mass is 79.9. The number of nitrogens with one attached hydrogen (secondary N) is 1. The number of fused-ring (bicyclic) bond motifs is 3. The molecule has 1 amide bonds. The zero-order valence-electron chi connectivity index (χ0n) is 17.7. The van der Waals surface area contributed by atoms with E-state index in [9.17, 15) is 4.79 Å². The van der Waals surface area contributed by atoms with E-state index in [1.807, 2.05) is 72.8 Å². The van der Waals surface area contributed by atoms with Crippen LogP contribution in [0.2, 0.25) is 0 Å². The average Bonchev–Trinajstić information content (AvgIpc) is 3.28. The van der Waals surface area contributed by atoms with Crippen LogP contribution in [0.4, 0.5) is 5.69 Å². The molecule has 0 spiro atoms. The molecule has 0 fully saturated rings. The Bertz CT molecular complexity index is 1520. The average molecular weight is 499 g/mol. The first-order chi connectivity index (χ1) is 16.1. The molecule has 5 nitrogen and oxygen atoms in total. The van der Waals surface area contributed by atoms with E-state index in [2.05, 4.69) is 27.3 Å². The number of methoxy groups -OCH3 is 1. The summed E-state index contributed by atoms with van der Waals surface area (Å²) in [5, 5.41) is 5.04. The highest BCUT2D eigenvalue weighted by molar-refractivity contribution is 9.10. The van der Waals surface area contributed by atoms with Gasteiger partial charge in [0.1, 0.15) is 11.3 Å². The molecule has 1 heterocycles. The maximum absolute atomic E-state index is 12.5. The molecular weight excluding hydrogens is 480 g/mol. The van der Waals surface area contributed by atoms with Crippen LogP contribution < -0.4 is 10.1 Å². The minimum Gasteiger partial charge on any atom is -0.496 e. The number of nitrogens with zero attached hydrogens (tertiary/aromatic N) is 1. The van der Waals surface area contributed by atoms with Crippen molar-refractivity contribution in [2.24, 2.45) is 0 Å². The molecule has 1 N–H and O–H groups in total. The summed E-state index contributed by atoms with van der Waals surface area (Å²) < 4.78 is 12.3. The minimum absolute atomic E-state index is 0.252. The quantitative estimate of drug-likeness (QED) is 0.263. The number of halogens is 1. The summed E-state index contributed by atoms with van der Waals surface area (Å²) in [6, 6.07) is 25.1. The lowest BCUT2D eigenvalue weighted by Gasteiger charge is -2.06. The summed E-state index contributed by atoms with van der Waals surface area (Å²) in [5.74, 6) is 0.942. The van der Waals surface area contributed by atoms with Crippen molar-refractivity contribution in [2.75, 3.05) is 12.4 Å². The van der Waals surface area contributed by atoms with Gasteiger partial charge in [0.05, 0.1) is 7.11 Å². The second-order valence-corrected chi connectivity index (χ2v) is 8.36. The zero-order chi connectivity index (χ0) is 22.8. The predicted octanol–water partition coefficient (Wildman–Crippen LogP) is 7.07. The third-order valence-electron chi connectivity index (χ3n) is 5.27. The number of aromatic nitrogens is 1. The fraction of sp³-hybridized carbons (Fsp3) is 0.0370. The fourth-order valence-electron chi connectivity index (χ4n) is 3.70. The number of carbonyl (C=O) groups excluding carboxylic acids is 1. The van der Waals surface area contributed by atoms with Crippen LogP contribution in [-0.2, 0) is 4.79 Å². The van der Waals surface area contributed by atoms with Crippen LogP contribution in [0.3, 0.4) is 0 Å². The van der Waals surface area contributed by atoms with Crippen molar-refractivity contribution in [1.29, 1.82) is 0 Å². The van der Waals surface area contributed by atoms with E-state index in [0.29, 0.717) is 17.3 Å². The Morgan fingerprint density at radius 2 is 1.91 bits per heavy atom. The van der Waals surface area contributed by atoms with Gasteiger partial charge in [0.25, 0.3) is 0 Å². The van der Waals surface area contributed by atoms with E-state index >= 15 is 0 Å². The van der Waals surface area contributed by atoms with E-state index in [-0.39, 0.29) is 5.91 Å². The molecule has 0 unspecified atom stereocenters. The van der Waals surface area contributed by atoms with Crippen molar-refractivity contribution in [3.8, 4) is 17.2 Å². The van der Waals surface area contributed by atoms with Gasteiger partial charge in [-0.1, -0.05) is 52.3 Å². The van der Waals surface area contributed by atoms with Crippen molar-refractivity contribution in [3.63, 3.8) is 0 Å². The first kappa shape index (κ1) is 21.0. The Labute approximate surface area is 198 Å². The van der Waals surface area contributed by atoms with Crippen LogP contribution in [0.5, 0.6) is 5.75 Å². The number of benzene rings is 4. The number of hydrogen-bond donors (Lipinski definition) is 1. The summed E-state index contributed by atoms with van der Waals surface area (Å²) in [6.07, 6.45) is 3.19. The van der Waals surface area contributed by atoms with Crippen LogP contribution in [0.15, 0.2) is 93.8 Å². The molecule has 4 aromatic carbocycles. The summed E-state index contributed by atoms with van der Waals surface area (Å²) in [7, 11) is 1.60. The third-order valence-corrected chi connectivity index (χ3v) is 5.76. The first-order valence-electron chi connectivity index (χ1n) is 10.3. The Morgan fingerprint density at radius 3 is 2.79 bits per heavy atom. The van der Waals surface area contributed by atoms with Gasteiger partial charge in [0.2, 0.25) is 11.8 Å². The van der Waals surface area contributed by atoms with Gasteiger partial charge in [-0.3, -0.25) is 4.79 Å². The van der Waals surface area contributed by atoms with Gasteiger partial charge < -0.3 is 14.5 Å². The van der Waals surface area contributed by atoms with Crippen LogP contribution >= 0.6 is 15.9 Å². The first-order valence-corrected chi connectivity index (χ1v) is 11.1. The van der Waals surface area contributed by atoms with Gasteiger partial charge in [-0.15, -0.1) is 0 Å². The molecule has 6 heteroatoms. The molecule has 0 aliphatic rings. The maximum Gasteiger partial charge on any atom is 0.248 e. The number of oxazole rings is 1. The van der Waals surface area contributed by atoms with Gasteiger partial charge in [-0.2, -0.15) is 0 Å². The SMILES string of the molecule is COc1ccc(Br)cc1/C=C/C(=O)Nc1cccc(-c2nc3c(ccc4ccccc43)o2)c1. The Hall–Kier alpha value is -3.90. The van der Waals surface area contributed by atoms with E-state index in [1.54, 1.807) is 13.2 Å². The summed E-state index contributed by atoms with van der Waals surface area (Å²) in [5.41, 5.74) is 3.78. The Balaban J connectivity index is 1.39. The predicted molar refractivity (Wildman–Crippen MR) is 135 cm³/mol. The normalized spacial score (nSPS) is 11.3. The molecule has 0 atom stereocenters. The number of anilines is 1. The van der Waals surface area contributed by atoms with Crippen LogP contribution in [0.1, 0.15) is 5.56 Å². The molecule has 0 aliphatic heterocycles. The van der Waals surface area contributed by atoms with Crippen molar-refractivity contribution in [1.82, 2.24) is 4.98 Å². The largest absolute Gasteiger partial charge is 0.496 e. The number of amides is 1. The van der Waals surface area contributed by atoms with E-state index in [1.165, 1.54) is 6.08 Å². The minimum atomic E-state index is -0.252. The molecule has 0 radical (unpaired) electrons. The van der Waals surface area contributed by atoms with Gasteiger partial charge >= 0.3 is 0 Å². The highest BCUT2D eigenvalue weighted by Gasteiger charge is 2.12. The molecular formula is C27H19BrN2O3. The van der Waals surface area contributed by atoms with Gasteiger partial charge in [0.15, 0.2) is 5.58 Å². The lowest BCUT2D eigenvalue weighted by Crippen LogP contribution is -2.07. The topological polar surface area (TPSA) is 64.4 Å². The van der Waals surface area contributed by atoms with Gasteiger partial charge in [0, 0.05) is 32.7 Å². The third kappa shape index (κ3) is 4.38. The molecule has 0 aliphatic carbocycles. The van der Waals surface area contributed by atoms with Crippen LogP contribution in [0.25, 0.3) is 39.4 Å². The maximum atomic E-state index is 12.5. The fourth-order valence-corrected chi connectivity index (χ4v) is 4.08. The second-order valence-electron chi connectivity index (χ2n) is 7.44. The molecule has 33 heavy (non-hydrogen) atoms. The van der Waals surface area contributed by atoms with E-state index in [4.69, 9.17) is 14.1 Å². The molecule has 0 saturated carbocycles. The lowest BCUT2D eigenvalue weighted by molar-refractivity contribution is -0.111. The van der Waals surface area contributed by atoms with Crippen molar-refractivity contribution < 1.29 is 13.9 Å².